The molecule has 0 radical (unpaired) electrons. The highest BCUT2D eigenvalue weighted by Gasteiger charge is 2.21. The van der Waals surface area contributed by atoms with Gasteiger partial charge in [0.05, 0.1) is 16.2 Å². The molecule has 0 saturated carbocycles. The lowest BCUT2D eigenvalue weighted by molar-refractivity contribution is 0.0697. The Morgan fingerprint density at radius 2 is 1.63 bits per heavy atom. The van der Waals surface area contributed by atoms with Crippen molar-refractivity contribution in [1.82, 2.24) is 4.98 Å². The van der Waals surface area contributed by atoms with Crippen LogP contribution < -0.4 is 0 Å². The number of aromatic carboxylic acids is 1. The van der Waals surface area contributed by atoms with Gasteiger partial charge in [-0.15, -0.1) is 0 Å². The van der Waals surface area contributed by atoms with Crippen molar-refractivity contribution in [2.75, 3.05) is 0 Å². The van der Waals surface area contributed by atoms with Crippen molar-refractivity contribution >= 4 is 15.8 Å². The molecule has 0 amide bonds. The summed E-state index contributed by atoms with van der Waals surface area (Å²) >= 11 is 0. The lowest BCUT2D eigenvalue weighted by atomic mass is 10.1. The minimum absolute atomic E-state index is 0.152. The normalized spacial score (nSPS) is 11.5. The quantitative estimate of drug-likeness (QED) is 0.714. The molecular weight excluding hydrogens is 366 g/mol. The predicted octanol–water partition coefficient (Wildman–Crippen LogP) is 3.94. The number of carbonyl (C=O) groups is 1. The molecule has 0 fully saturated rings. The monoisotopic (exact) mass is 385 g/mol. The third-order valence-electron chi connectivity index (χ3n) is 4.15. The van der Waals surface area contributed by atoms with Gasteiger partial charge in [-0.05, 0) is 68.3 Å². The molecule has 3 rings (SSSR count). The SMILES string of the molecule is Cc1cc(C)cc(S(=O)(=O)Cc2nc(-c3ccc(C(=O)O)cc3)oc2C)c1. The number of nitrogens with zero attached hydrogens (tertiary/aromatic N) is 1. The Kier molecular flexibility index (Phi) is 4.89. The topological polar surface area (TPSA) is 97.5 Å². The Hall–Kier alpha value is -2.93. The molecule has 0 aliphatic heterocycles. The predicted molar refractivity (Wildman–Crippen MR) is 100 cm³/mol. The molecule has 1 N–H and O–H groups in total. The smallest absolute Gasteiger partial charge is 0.335 e. The molecule has 0 unspecified atom stereocenters. The van der Waals surface area contributed by atoms with Crippen molar-refractivity contribution in [1.29, 1.82) is 0 Å². The third-order valence-corrected chi connectivity index (χ3v) is 5.76. The van der Waals surface area contributed by atoms with E-state index in [9.17, 15) is 13.2 Å². The summed E-state index contributed by atoms with van der Waals surface area (Å²) in [4.78, 5) is 15.5. The molecule has 140 valence electrons. The first-order valence-electron chi connectivity index (χ1n) is 8.27. The average molecular weight is 385 g/mol. The molecule has 7 heteroatoms. The number of sulfone groups is 1. The van der Waals surface area contributed by atoms with E-state index in [4.69, 9.17) is 9.52 Å². The van der Waals surface area contributed by atoms with Crippen LogP contribution in [0, 0.1) is 20.8 Å². The molecule has 0 aliphatic carbocycles. The number of hydrogen-bond acceptors (Lipinski definition) is 5. The number of benzene rings is 2. The molecular formula is C20H19NO5S. The van der Waals surface area contributed by atoms with Crippen LogP contribution in [0.3, 0.4) is 0 Å². The van der Waals surface area contributed by atoms with E-state index in [0.29, 0.717) is 17.0 Å². The first-order valence-corrected chi connectivity index (χ1v) is 9.92. The largest absolute Gasteiger partial charge is 0.478 e. The van der Waals surface area contributed by atoms with Crippen LogP contribution in [-0.2, 0) is 15.6 Å². The molecule has 27 heavy (non-hydrogen) atoms. The number of rotatable bonds is 5. The number of oxazole rings is 1. The Morgan fingerprint density at radius 1 is 1.04 bits per heavy atom. The summed E-state index contributed by atoms with van der Waals surface area (Å²) in [5.41, 5.74) is 2.83. The molecule has 0 bridgehead atoms. The number of aromatic nitrogens is 1. The lowest BCUT2D eigenvalue weighted by Crippen LogP contribution is -2.07. The second-order valence-corrected chi connectivity index (χ2v) is 8.48. The van der Waals surface area contributed by atoms with Gasteiger partial charge in [0.25, 0.3) is 0 Å². The molecule has 0 saturated heterocycles. The zero-order valence-electron chi connectivity index (χ0n) is 15.2. The van der Waals surface area contributed by atoms with E-state index >= 15 is 0 Å². The van der Waals surface area contributed by atoms with E-state index in [1.165, 1.54) is 12.1 Å². The summed E-state index contributed by atoms with van der Waals surface area (Å²) in [5.74, 6) is -0.612. The van der Waals surface area contributed by atoms with Crippen molar-refractivity contribution in [2.45, 2.75) is 31.4 Å². The molecule has 2 aromatic carbocycles. The maximum Gasteiger partial charge on any atom is 0.335 e. The van der Waals surface area contributed by atoms with Crippen LogP contribution in [-0.4, -0.2) is 24.5 Å². The molecule has 0 spiro atoms. The van der Waals surface area contributed by atoms with Gasteiger partial charge in [-0.25, -0.2) is 18.2 Å². The maximum atomic E-state index is 12.8. The molecule has 6 nitrogen and oxygen atoms in total. The summed E-state index contributed by atoms with van der Waals surface area (Å²) in [5, 5.41) is 8.96. The second-order valence-electron chi connectivity index (χ2n) is 6.49. The molecule has 3 aromatic rings. The minimum Gasteiger partial charge on any atom is -0.478 e. The van der Waals surface area contributed by atoms with E-state index in [1.807, 2.05) is 19.9 Å². The maximum absolute atomic E-state index is 12.8. The van der Waals surface area contributed by atoms with Gasteiger partial charge in [0.15, 0.2) is 9.84 Å². The average Bonchev–Trinajstić information content (AvgIpc) is 2.94. The highest BCUT2D eigenvalue weighted by molar-refractivity contribution is 7.90. The minimum atomic E-state index is -3.57. The molecule has 0 aliphatic rings. The highest BCUT2D eigenvalue weighted by atomic mass is 32.2. The number of carboxylic acid groups (broad SMARTS) is 1. The van der Waals surface area contributed by atoms with Crippen LogP contribution in [0.5, 0.6) is 0 Å². The summed E-state index contributed by atoms with van der Waals surface area (Å²) < 4.78 is 31.2. The van der Waals surface area contributed by atoms with Crippen LogP contribution in [0.1, 0.15) is 32.9 Å². The fourth-order valence-corrected chi connectivity index (χ4v) is 4.34. The summed E-state index contributed by atoms with van der Waals surface area (Å²) in [6, 6.07) is 11.3. The van der Waals surface area contributed by atoms with Crippen molar-refractivity contribution < 1.29 is 22.7 Å². The van der Waals surface area contributed by atoms with E-state index in [2.05, 4.69) is 4.98 Å². The second kappa shape index (κ2) is 7.00. The molecule has 1 aromatic heterocycles. The van der Waals surface area contributed by atoms with E-state index < -0.39 is 15.8 Å². The van der Waals surface area contributed by atoms with Crippen LogP contribution in [0.2, 0.25) is 0 Å². The van der Waals surface area contributed by atoms with Gasteiger partial charge in [0.2, 0.25) is 5.89 Å². The Balaban J connectivity index is 1.91. The van der Waals surface area contributed by atoms with Gasteiger partial charge in [0, 0.05) is 5.56 Å². The van der Waals surface area contributed by atoms with Gasteiger partial charge < -0.3 is 9.52 Å². The number of hydrogen-bond donors (Lipinski definition) is 1. The van der Waals surface area contributed by atoms with Gasteiger partial charge in [-0.3, -0.25) is 0 Å². The van der Waals surface area contributed by atoms with Crippen molar-refractivity contribution in [2.24, 2.45) is 0 Å². The van der Waals surface area contributed by atoms with Gasteiger partial charge in [-0.1, -0.05) is 6.07 Å². The van der Waals surface area contributed by atoms with Crippen molar-refractivity contribution in [3.8, 4) is 11.5 Å². The zero-order valence-corrected chi connectivity index (χ0v) is 16.0. The summed E-state index contributed by atoms with van der Waals surface area (Å²) in [6.45, 7) is 5.37. The molecule has 1 heterocycles. The van der Waals surface area contributed by atoms with Crippen molar-refractivity contribution in [3.63, 3.8) is 0 Å². The zero-order chi connectivity index (χ0) is 19.8. The lowest BCUT2D eigenvalue weighted by Gasteiger charge is -2.06. The van der Waals surface area contributed by atoms with Crippen LogP contribution in [0.15, 0.2) is 51.8 Å². The Labute approximate surface area is 157 Å². The van der Waals surface area contributed by atoms with E-state index in [0.717, 1.165) is 11.1 Å². The summed E-state index contributed by atoms with van der Waals surface area (Å²) in [6.07, 6.45) is 0. The number of carboxylic acids is 1. The van der Waals surface area contributed by atoms with E-state index in [1.54, 1.807) is 31.2 Å². The highest BCUT2D eigenvalue weighted by Crippen LogP contribution is 2.25. The van der Waals surface area contributed by atoms with Crippen LogP contribution in [0.4, 0.5) is 0 Å². The molecule has 0 atom stereocenters. The van der Waals surface area contributed by atoms with Crippen LogP contribution >= 0.6 is 0 Å². The Morgan fingerprint density at radius 3 is 2.19 bits per heavy atom. The first-order chi connectivity index (χ1) is 12.7. The Bertz CT molecular complexity index is 1090. The fourth-order valence-electron chi connectivity index (χ4n) is 2.82. The van der Waals surface area contributed by atoms with E-state index in [-0.39, 0.29) is 22.1 Å². The third kappa shape index (κ3) is 4.09. The van der Waals surface area contributed by atoms with Gasteiger partial charge >= 0.3 is 5.97 Å². The van der Waals surface area contributed by atoms with Crippen LogP contribution in [0.25, 0.3) is 11.5 Å². The summed E-state index contributed by atoms with van der Waals surface area (Å²) in [7, 11) is -3.57. The van der Waals surface area contributed by atoms with Gasteiger partial charge in [0.1, 0.15) is 11.5 Å². The van der Waals surface area contributed by atoms with Gasteiger partial charge in [-0.2, -0.15) is 0 Å². The number of aryl methyl sites for hydroxylation is 3. The fraction of sp³-hybridized carbons (Fsp3) is 0.200. The first kappa shape index (κ1) is 18.8. The van der Waals surface area contributed by atoms with Crippen molar-refractivity contribution in [3.05, 3.63) is 70.6 Å². The standard InChI is InChI=1S/C20H19NO5S/c1-12-8-13(2)10-17(9-12)27(24,25)11-18-14(3)26-19(21-18)15-4-6-16(7-5-15)20(22)23/h4-10H,11H2,1-3H3,(H,22,23).